The maximum Gasteiger partial charge on any atom is 0.296 e. The second-order valence-electron chi connectivity index (χ2n) is 6.99. The number of nitrogens with one attached hydrogen (secondary N) is 1. The molecule has 6 nitrogen and oxygen atoms in total. The number of benzene rings is 1. The Balaban J connectivity index is 2.25. The predicted octanol–water partition coefficient (Wildman–Crippen LogP) is 5.07. The Morgan fingerprint density at radius 2 is 1.25 bits per heavy atom. The molecule has 0 heterocycles. The average molecular weight is 434 g/mol. The van der Waals surface area contributed by atoms with Gasteiger partial charge in [0.15, 0.2) is 0 Å². The van der Waals surface area contributed by atoms with Crippen molar-refractivity contribution in [3.63, 3.8) is 0 Å². The highest BCUT2D eigenvalue weighted by Gasteiger charge is 2.15. The van der Waals surface area contributed by atoms with Gasteiger partial charge in [0.25, 0.3) is 10.1 Å². The molecule has 28 heavy (non-hydrogen) atoms. The standard InChI is InChI=1S/C20H35NO5S2/c1-3-5-6-7-8-9-10-11-12-13-18-26-28(24,25)20-16-14-19(15-17-20)21-27(22,23)4-2/h14-17,21H,3-13,18H2,1-2H3. The molecule has 1 N–H and O–H groups in total. The highest BCUT2D eigenvalue weighted by molar-refractivity contribution is 7.92. The van der Waals surface area contributed by atoms with Crippen LogP contribution in [0, 0.1) is 0 Å². The van der Waals surface area contributed by atoms with Crippen LogP contribution in [0.25, 0.3) is 0 Å². The van der Waals surface area contributed by atoms with Crippen molar-refractivity contribution in [3.05, 3.63) is 24.3 Å². The summed E-state index contributed by atoms with van der Waals surface area (Å²) in [5.41, 5.74) is 0.329. The average Bonchev–Trinajstić information content (AvgIpc) is 2.66. The summed E-state index contributed by atoms with van der Waals surface area (Å²) in [4.78, 5) is 0.0269. The highest BCUT2D eigenvalue weighted by atomic mass is 32.2. The van der Waals surface area contributed by atoms with Gasteiger partial charge in [-0.15, -0.1) is 0 Å². The van der Waals surface area contributed by atoms with E-state index >= 15 is 0 Å². The maximum atomic E-state index is 12.2. The zero-order chi connectivity index (χ0) is 20.9. The first kappa shape index (κ1) is 24.9. The Morgan fingerprint density at radius 1 is 0.750 bits per heavy atom. The molecule has 8 heteroatoms. The summed E-state index contributed by atoms with van der Waals surface area (Å²) < 4.78 is 54.9. The molecule has 0 aromatic heterocycles. The van der Waals surface area contributed by atoms with Gasteiger partial charge in [-0.1, -0.05) is 64.7 Å². The summed E-state index contributed by atoms with van der Waals surface area (Å²) in [6.07, 6.45) is 11.7. The minimum Gasteiger partial charge on any atom is -0.284 e. The molecular formula is C20H35NO5S2. The van der Waals surface area contributed by atoms with Crippen molar-refractivity contribution in [2.24, 2.45) is 0 Å². The normalized spacial score (nSPS) is 12.2. The molecule has 0 radical (unpaired) electrons. The van der Waals surface area contributed by atoms with Crippen molar-refractivity contribution in [1.82, 2.24) is 0 Å². The smallest absolute Gasteiger partial charge is 0.284 e. The van der Waals surface area contributed by atoms with Crippen molar-refractivity contribution in [2.75, 3.05) is 17.1 Å². The van der Waals surface area contributed by atoms with Crippen LogP contribution in [0.5, 0.6) is 0 Å². The molecule has 0 saturated heterocycles. The summed E-state index contributed by atoms with van der Waals surface area (Å²) in [5.74, 6) is -0.0466. The summed E-state index contributed by atoms with van der Waals surface area (Å²) >= 11 is 0. The van der Waals surface area contributed by atoms with Gasteiger partial charge in [0.05, 0.1) is 17.3 Å². The van der Waals surface area contributed by atoms with Crippen LogP contribution >= 0.6 is 0 Å². The second-order valence-corrected chi connectivity index (χ2v) is 10.6. The molecule has 0 saturated carbocycles. The molecule has 162 valence electrons. The van der Waals surface area contributed by atoms with E-state index in [1.165, 1.54) is 76.1 Å². The first-order valence-corrected chi connectivity index (χ1v) is 13.4. The van der Waals surface area contributed by atoms with E-state index in [1.807, 2.05) is 0 Å². The van der Waals surface area contributed by atoms with Crippen molar-refractivity contribution < 1.29 is 21.0 Å². The monoisotopic (exact) mass is 433 g/mol. The van der Waals surface area contributed by atoms with E-state index in [0.717, 1.165) is 12.8 Å². The minimum absolute atomic E-state index is 0.0269. The van der Waals surface area contributed by atoms with Crippen LogP contribution in [0.15, 0.2) is 29.2 Å². The van der Waals surface area contributed by atoms with Crippen LogP contribution in [0.1, 0.15) is 78.1 Å². The van der Waals surface area contributed by atoms with Gasteiger partial charge in [-0.05, 0) is 37.6 Å². The quantitative estimate of drug-likeness (QED) is 0.290. The van der Waals surface area contributed by atoms with E-state index < -0.39 is 20.1 Å². The van der Waals surface area contributed by atoms with Gasteiger partial charge < -0.3 is 0 Å². The van der Waals surface area contributed by atoms with E-state index in [-0.39, 0.29) is 17.3 Å². The van der Waals surface area contributed by atoms with Crippen molar-refractivity contribution in [1.29, 1.82) is 0 Å². The molecule has 1 aromatic carbocycles. The number of unbranched alkanes of at least 4 members (excludes halogenated alkanes) is 9. The third kappa shape index (κ3) is 10.4. The number of anilines is 1. The van der Waals surface area contributed by atoms with Gasteiger partial charge in [-0.3, -0.25) is 8.91 Å². The summed E-state index contributed by atoms with van der Waals surface area (Å²) in [6, 6.07) is 5.54. The van der Waals surface area contributed by atoms with E-state index in [4.69, 9.17) is 4.18 Å². The molecule has 0 aliphatic heterocycles. The molecule has 0 aliphatic rings. The number of hydrogen-bond acceptors (Lipinski definition) is 5. The number of sulfonamides is 1. The molecule has 0 atom stereocenters. The van der Waals surface area contributed by atoms with E-state index in [9.17, 15) is 16.8 Å². The molecular weight excluding hydrogens is 398 g/mol. The van der Waals surface area contributed by atoms with Gasteiger partial charge in [0, 0.05) is 5.69 Å². The lowest BCUT2D eigenvalue weighted by atomic mass is 10.1. The Morgan fingerprint density at radius 3 is 1.75 bits per heavy atom. The van der Waals surface area contributed by atoms with Crippen LogP contribution in [-0.2, 0) is 24.3 Å². The van der Waals surface area contributed by atoms with E-state index in [2.05, 4.69) is 11.6 Å². The molecule has 1 rings (SSSR count). The molecule has 0 amide bonds. The first-order valence-electron chi connectivity index (χ1n) is 10.3. The fraction of sp³-hybridized carbons (Fsp3) is 0.700. The Hall–Kier alpha value is -1.12. The molecule has 1 aromatic rings. The molecule has 0 aliphatic carbocycles. The van der Waals surface area contributed by atoms with E-state index in [1.54, 1.807) is 0 Å². The van der Waals surface area contributed by atoms with Gasteiger partial charge in [-0.2, -0.15) is 8.42 Å². The lowest BCUT2D eigenvalue weighted by Gasteiger charge is -2.08. The third-order valence-electron chi connectivity index (χ3n) is 4.53. The summed E-state index contributed by atoms with van der Waals surface area (Å²) in [5, 5.41) is 0. The largest absolute Gasteiger partial charge is 0.296 e. The van der Waals surface area contributed by atoms with Gasteiger partial charge in [0.2, 0.25) is 10.0 Å². The van der Waals surface area contributed by atoms with Gasteiger partial charge in [0.1, 0.15) is 0 Å². The maximum absolute atomic E-state index is 12.2. The second kappa shape index (κ2) is 13.2. The number of hydrogen-bond donors (Lipinski definition) is 1. The first-order chi connectivity index (χ1) is 13.3. The topological polar surface area (TPSA) is 89.5 Å². The van der Waals surface area contributed by atoms with Crippen molar-refractivity contribution >= 4 is 25.8 Å². The molecule has 0 fully saturated rings. The van der Waals surface area contributed by atoms with Crippen LogP contribution in [0.3, 0.4) is 0 Å². The molecule has 0 bridgehead atoms. The zero-order valence-electron chi connectivity index (χ0n) is 17.2. The Bertz CT molecular complexity index is 743. The lowest BCUT2D eigenvalue weighted by molar-refractivity contribution is 0.306. The van der Waals surface area contributed by atoms with E-state index in [0.29, 0.717) is 12.1 Å². The number of rotatable bonds is 16. The Labute approximate surface area is 171 Å². The van der Waals surface area contributed by atoms with Gasteiger partial charge in [-0.25, -0.2) is 8.42 Å². The summed E-state index contributed by atoms with van der Waals surface area (Å²) in [7, 11) is -7.20. The summed E-state index contributed by atoms with van der Waals surface area (Å²) in [6.45, 7) is 3.92. The van der Waals surface area contributed by atoms with Crippen LogP contribution in [-0.4, -0.2) is 29.2 Å². The van der Waals surface area contributed by atoms with Crippen LogP contribution < -0.4 is 4.72 Å². The van der Waals surface area contributed by atoms with Gasteiger partial charge >= 0.3 is 0 Å². The van der Waals surface area contributed by atoms with Crippen molar-refractivity contribution in [3.8, 4) is 0 Å². The Kier molecular flexibility index (Phi) is 11.7. The molecule has 0 unspecified atom stereocenters. The van der Waals surface area contributed by atoms with Crippen LogP contribution in [0.4, 0.5) is 5.69 Å². The SMILES string of the molecule is CCCCCCCCCCCCOS(=O)(=O)c1ccc(NS(=O)(=O)CC)cc1. The minimum atomic E-state index is -3.81. The fourth-order valence-electron chi connectivity index (χ4n) is 2.77. The molecule has 0 spiro atoms. The highest BCUT2D eigenvalue weighted by Crippen LogP contribution is 2.18. The fourth-order valence-corrected chi connectivity index (χ4v) is 4.35. The predicted molar refractivity (Wildman–Crippen MR) is 115 cm³/mol. The lowest BCUT2D eigenvalue weighted by Crippen LogP contribution is -2.14. The third-order valence-corrected chi connectivity index (χ3v) is 7.17. The van der Waals surface area contributed by atoms with Crippen molar-refractivity contribution in [2.45, 2.75) is 83.0 Å². The zero-order valence-corrected chi connectivity index (χ0v) is 18.8. The van der Waals surface area contributed by atoms with Crippen LogP contribution in [0.2, 0.25) is 0 Å².